The maximum absolute atomic E-state index is 12.7. The van der Waals surface area contributed by atoms with Crippen molar-refractivity contribution in [3.8, 4) is 5.69 Å². The van der Waals surface area contributed by atoms with Gasteiger partial charge in [0.2, 0.25) is 0 Å². The van der Waals surface area contributed by atoms with Gasteiger partial charge in [0.15, 0.2) is 0 Å². The molecule has 0 unspecified atom stereocenters. The minimum atomic E-state index is -0.577. The topological polar surface area (TPSA) is 80.1 Å². The first-order chi connectivity index (χ1) is 13.9. The van der Waals surface area contributed by atoms with Crippen molar-refractivity contribution in [2.75, 3.05) is 5.32 Å². The second-order valence-electron chi connectivity index (χ2n) is 6.51. The van der Waals surface area contributed by atoms with Gasteiger partial charge in [-0.05, 0) is 43.3 Å². The van der Waals surface area contributed by atoms with Crippen LogP contribution in [0.3, 0.4) is 0 Å². The minimum Gasteiger partial charge on any atom is -0.350 e. The van der Waals surface area contributed by atoms with Crippen molar-refractivity contribution in [1.29, 1.82) is 0 Å². The van der Waals surface area contributed by atoms with Gasteiger partial charge in [-0.25, -0.2) is 4.68 Å². The lowest BCUT2D eigenvalue weighted by atomic mass is 10.2. The lowest BCUT2D eigenvalue weighted by Gasteiger charge is -2.13. The Morgan fingerprint density at radius 3 is 2.34 bits per heavy atom. The number of hydrogen-bond donors (Lipinski definition) is 1. The highest BCUT2D eigenvalue weighted by Crippen LogP contribution is 2.27. The van der Waals surface area contributed by atoms with Crippen LogP contribution < -0.4 is 5.32 Å². The maximum atomic E-state index is 12.7. The van der Waals surface area contributed by atoms with E-state index in [4.69, 9.17) is 23.2 Å². The number of imide groups is 1. The van der Waals surface area contributed by atoms with Crippen LogP contribution in [0.2, 0.25) is 5.02 Å². The SMILES string of the molecule is Cc1ccc(NC2=C(Cl)C(=O)N(Cc3cn(-c4ccc(Cl)cc4)nn3)C2=O)cc1. The van der Waals surface area contributed by atoms with Gasteiger partial charge in [-0.1, -0.05) is 46.1 Å². The average Bonchev–Trinajstić information content (AvgIpc) is 3.25. The number of nitrogens with one attached hydrogen (secondary N) is 1. The summed E-state index contributed by atoms with van der Waals surface area (Å²) in [7, 11) is 0. The van der Waals surface area contributed by atoms with Gasteiger partial charge in [-0.15, -0.1) is 5.10 Å². The van der Waals surface area contributed by atoms with Crippen LogP contribution >= 0.6 is 23.2 Å². The Morgan fingerprint density at radius 1 is 0.966 bits per heavy atom. The molecule has 3 aromatic rings. The van der Waals surface area contributed by atoms with Crippen molar-refractivity contribution in [1.82, 2.24) is 19.9 Å². The normalized spacial score (nSPS) is 14.1. The standard InChI is InChI=1S/C20H15Cl2N5O2/c1-12-2-6-14(7-3-12)23-18-17(22)19(28)26(20(18)29)10-15-11-27(25-24-15)16-8-4-13(21)5-9-16/h2-9,11,23H,10H2,1H3. The minimum absolute atomic E-state index is 0.0411. The van der Waals surface area contributed by atoms with Gasteiger partial charge >= 0.3 is 0 Å². The molecule has 0 radical (unpaired) electrons. The van der Waals surface area contributed by atoms with Crippen LogP contribution in [-0.4, -0.2) is 31.7 Å². The van der Waals surface area contributed by atoms with E-state index in [0.29, 0.717) is 16.4 Å². The summed E-state index contributed by atoms with van der Waals surface area (Å²) in [5.74, 6) is -1.09. The number of carbonyl (C=O) groups is 2. The summed E-state index contributed by atoms with van der Waals surface area (Å²) in [4.78, 5) is 26.3. The summed E-state index contributed by atoms with van der Waals surface area (Å²) in [6, 6.07) is 14.5. The lowest BCUT2D eigenvalue weighted by molar-refractivity contribution is -0.138. The van der Waals surface area contributed by atoms with Crippen LogP contribution in [0.1, 0.15) is 11.3 Å². The fraction of sp³-hybridized carbons (Fsp3) is 0.100. The molecular formula is C20H15Cl2N5O2. The number of hydrogen-bond acceptors (Lipinski definition) is 5. The molecule has 0 fully saturated rings. The molecule has 1 aliphatic heterocycles. The molecule has 1 aliphatic rings. The molecule has 0 spiro atoms. The number of aromatic nitrogens is 3. The molecule has 2 aromatic carbocycles. The molecule has 7 nitrogen and oxygen atoms in total. The quantitative estimate of drug-likeness (QED) is 0.628. The van der Waals surface area contributed by atoms with E-state index in [1.165, 1.54) is 4.68 Å². The van der Waals surface area contributed by atoms with Gasteiger partial charge in [-0.3, -0.25) is 14.5 Å². The summed E-state index contributed by atoms with van der Waals surface area (Å²) >= 11 is 12.0. The lowest BCUT2D eigenvalue weighted by Crippen LogP contribution is -2.32. The molecule has 9 heteroatoms. The first-order valence-electron chi connectivity index (χ1n) is 8.69. The third kappa shape index (κ3) is 3.87. The number of aryl methyl sites for hydroxylation is 1. The Balaban J connectivity index is 1.50. The Labute approximate surface area is 176 Å². The first-order valence-corrected chi connectivity index (χ1v) is 9.45. The molecule has 1 aromatic heterocycles. The van der Waals surface area contributed by atoms with Gasteiger partial charge in [0.25, 0.3) is 11.8 Å². The molecule has 0 saturated carbocycles. The van der Waals surface area contributed by atoms with Gasteiger partial charge < -0.3 is 5.32 Å². The molecular weight excluding hydrogens is 413 g/mol. The number of halogens is 2. The molecule has 1 N–H and O–H groups in total. The van der Waals surface area contributed by atoms with Crippen molar-refractivity contribution in [3.63, 3.8) is 0 Å². The molecule has 2 amide bonds. The van der Waals surface area contributed by atoms with Gasteiger partial charge in [0.05, 0.1) is 18.4 Å². The number of rotatable bonds is 5. The number of carbonyl (C=O) groups excluding carboxylic acids is 2. The Bertz CT molecular complexity index is 1120. The second kappa shape index (κ2) is 7.69. The Hall–Kier alpha value is -3.16. The van der Waals surface area contributed by atoms with E-state index in [9.17, 15) is 9.59 Å². The fourth-order valence-corrected chi connectivity index (χ4v) is 3.19. The van der Waals surface area contributed by atoms with Crippen molar-refractivity contribution in [2.24, 2.45) is 0 Å². The smallest absolute Gasteiger partial charge is 0.279 e. The van der Waals surface area contributed by atoms with Crippen LogP contribution in [0.15, 0.2) is 65.5 Å². The highest BCUT2D eigenvalue weighted by atomic mass is 35.5. The number of amides is 2. The van der Waals surface area contributed by atoms with Crippen LogP contribution in [-0.2, 0) is 16.1 Å². The Kier molecular flexibility index (Phi) is 5.08. The molecule has 146 valence electrons. The van der Waals surface area contributed by atoms with E-state index < -0.39 is 11.8 Å². The highest BCUT2D eigenvalue weighted by Gasteiger charge is 2.38. The fourth-order valence-electron chi connectivity index (χ4n) is 2.83. The van der Waals surface area contributed by atoms with Crippen LogP contribution in [0.4, 0.5) is 5.69 Å². The Morgan fingerprint density at radius 2 is 1.66 bits per heavy atom. The molecule has 0 saturated heterocycles. The zero-order valence-electron chi connectivity index (χ0n) is 15.3. The van der Waals surface area contributed by atoms with Crippen LogP contribution in [0.25, 0.3) is 5.69 Å². The van der Waals surface area contributed by atoms with E-state index in [0.717, 1.165) is 16.2 Å². The van der Waals surface area contributed by atoms with E-state index in [1.54, 1.807) is 30.5 Å². The van der Waals surface area contributed by atoms with E-state index in [-0.39, 0.29) is 17.3 Å². The third-order valence-electron chi connectivity index (χ3n) is 4.38. The highest BCUT2D eigenvalue weighted by molar-refractivity contribution is 6.48. The number of benzene rings is 2. The molecule has 29 heavy (non-hydrogen) atoms. The monoisotopic (exact) mass is 427 g/mol. The molecule has 2 heterocycles. The average molecular weight is 428 g/mol. The first kappa shape index (κ1) is 19.2. The van der Waals surface area contributed by atoms with Crippen molar-refractivity contribution in [3.05, 3.63) is 81.7 Å². The van der Waals surface area contributed by atoms with Crippen LogP contribution in [0.5, 0.6) is 0 Å². The van der Waals surface area contributed by atoms with Crippen LogP contribution in [0, 0.1) is 6.92 Å². The van der Waals surface area contributed by atoms with E-state index >= 15 is 0 Å². The molecule has 0 bridgehead atoms. The largest absolute Gasteiger partial charge is 0.350 e. The predicted octanol–water partition coefficient (Wildman–Crippen LogP) is 3.66. The summed E-state index contributed by atoms with van der Waals surface area (Å²) in [5.41, 5.74) is 2.99. The van der Waals surface area contributed by atoms with Gasteiger partial charge in [-0.2, -0.15) is 0 Å². The molecule has 0 atom stereocenters. The zero-order chi connectivity index (χ0) is 20.5. The van der Waals surface area contributed by atoms with Gasteiger partial charge in [0.1, 0.15) is 16.4 Å². The van der Waals surface area contributed by atoms with Crippen molar-refractivity contribution in [2.45, 2.75) is 13.5 Å². The van der Waals surface area contributed by atoms with Crippen molar-refractivity contribution < 1.29 is 9.59 Å². The number of anilines is 1. The summed E-state index contributed by atoms with van der Waals surface area (Å²) < 4.78 is 1.54. The summed E-state index contributed by atoms with van der Waals surface area (Å²) in [5, 5.41) is 11.5. The van der Waals surface area contributed by atoms with Crippen molar-refractivity contribution >= 4 is 40.7 Å². The predicted molar refractivity (Wildman–Crippen MR) is 110 cm³/mol. The van der Waals surface area contributed by atoms with E-state index in [2.05, 4.69) is 15.6 Å². The maximum Gasteiger partial charge on any atom is 0.279 e. The summed E-state index contributed by atoms with van der Waals surface area (Å²) in [6.07, 6.45) is 1.64. The van der Waals surface area contributed by atoms with E-state index in [1.807, 2.05) is 31.2 Å². The molecule has 0 aliphatic carbocycles. The molecule has 4 rings (SSSR count). The number of nitrogens with zero attached hydrogens (tertiary/aromatic N) is 4. The van der Waals surface area contributed by atoms with Gasteiger partial charge in [0, 0.05) is 10.7 Å². The zero-order valence-corrected chi connectivity index (χ0v) is 16.8. The summed E-state index contributed by atoms with van der Waals surface area (Å²) in [6.45, 7) is 1.92. The third-order valence-corrected chi connectivity index (χ3v) is 4.99. The second-order valence-corrected chi connectivity index (χ2v) is 7.32.